The number of nitrogens with zero attached hydrogens (tertiary/aromatic N) is 9. The molecule has 588 valence electrons. The zero-order valence-electron chi connectivity index (χ0n) is 63.3. The average Bonchev–Trinajstić information content (AvgIpc) is 1.70. The van der Waals surface area contributed by atoms with E-state index < -0.39 is 5.24 Å². The summed E-state index contributed by atoms with van der Waals surface area (Å²) in [7, 11) is 0. The Kier molecular flexibility index (Phi) is 30.9. The molecule has 0 spiro atoms. The van der Waals surface area contributed by atoms with E-state index in [9.17, 15) is 19.2 Å². The largest absolute Gasteiger partial charge is 0.360 e. The van der Waals surface area contributed by atoms with Crippen molar-refractivity contribution in [2.75, 3.05) is 61.8 Å². The Morgan fingerprint density at radius 3 is 1.23 bits per heavy atom. The Bertz CT molecular complexity index is 4610. The number of benzene rings is 3. The van der Waals surface area contributed by atoms with Gasteiger partial charge in [-0.25, -0.2) is 29.9 Å². The van der Waals surface area contributed by atoms with Crippen LogP contribution in [0.3, 0.4) is 0 Å². The van der Waals surface area contributed by atoms with Gasteiger partial charge in [0.05, 0.1) is 50.7 Å². The van der Waals surface area contributed by atoms with Gasteiger partial charge in [0.25, 0.3) is 0 Å². The Hall–Kier alpha value is -8.63. The van der Waals surface area contributed by atoms with E-state index in [1.54, 1.807) is 18.6 Å². The Labute approximate surface area is 678 Å². The maximum Gasteiger partial charge on any atom is 0.246 e. The van der Waals surface area contributed by atoms with Crippen LogP contribution < -0.4 is 21.3 Å². The predicted octanol–water partition coefficient (Wildman–Crippen LogP) is 19.3. The van der Waals surface area contributed by atoms with Gasteiger partial charge in [0.2, 0.25) is 40.8 Å². The number of H-pyrrole nitrogens is 3. The number of aromatic amines is 3. The summed E-state index contributed by atoms with van der Waals surface area (Å²) in [6, 6.07) is 25.6. The number of halogens is 5. The average molecular weight is 1600 g/mol. The number of allylic oxidation sites excluding steroid dienone is 1. The fraction of sp³-hybridized carbons (Fsp3) is 0.442. The summed E-state index contributed by atoms with van der Waals surface area (Å²) in [6.45, 7) is 20.3. The highest BCUT2D eigenvalue weighted by atomic mass is 35.5. The molecule has 3 aliphatic carbocycles. The predicted molar refractivity (Wildman–Crippen MR) is 455 cm³/mol. The summed E-state index contributed by atoms with van der Waals surface area (Å²) >= 11 is 24.2. The number of carbonyl (C=O) groups is 4. The third-order valence-corrected chi connectivity index (χ3v) is 24.0. The lowest BCUT2D eigenvalue weighted by molar-refractivity contribution is -0.131. The first kappa shape index (κ1) is 83.3. The third kappa shape index (κ3) is 22.6. The minimum Gasteiger partial charge on any atom is -0.360 e. The van der Waals surface area contributed by atoms with Gasteiger partial charge in [-0.2, -0.15) is 0 Å². The zero-order chi connectivity index (χ0) is 76.9. The van der Waals surface area contributed by atoms with Crippen molar-refractivity contribution in [3.63, 3.8) is 0 Å². The second kappa shape index (κ2) is 41.2. The molecule has 111 heavy (non-hydrogen) atoms. The standard InChI is InChI=1S/C30H35ClN6O2.C28H34ClN5O.C25H32ClN5.C3H3ClO.ClH/c1-3-27(38)36-15-7-8-20(18-36)19-37(28(39)4-2)22-13-11-21(12-14-22)34-30-33-17-25(31)29(35-30)24-16-32-26-10-6-5-9-23(24)26;1-2-26(35)34-15-5-6-20(18-34)10-9-19-11-13-21(14-12-19)32-28-31-17-24(29)27(33-28)23-16-30-25-8-4-3-7-22(23)25;26-22-16-29-25(31-24(22)21-15-28-23-6-2-1-5-20(21)23)30-19-11-9-17(10-12-19)7-8-18-4-3-13-27-14-18;1-2-3(4)5;/h3-6,9-10,16-17,20-22,32H,1-2,7-8,11-15,18-19H2,(H,33,34,35);2-4,7-8,16-17,19-21,30H,1,5-6,9-15,18H2,(H,31,32,33);1-2,5-6,15-19,27-28H,3-4,7-14H2,(H,29,30,31);2H,1H2;1H. The van der Waals surface area contributed by atoms with Gasteiger partial charge in [-0.3, -0.25) is 19.2 Å². The molecule has 3 unspecified atom stereocenters. The second-order valence-corrected chi connectivity index (χ2v) is 31.9. The molecule has 20 nitrogen and oxygen atoms in total. The quantitative estimate of drug-likeness (QED) is 0.0246. The molecule has 15 rings (SSSR count). The molecule has 3 aliphatic heterocycles. The van der Waals surface area contributed by atoms with E-state index in [0.717, 1.165) is 162 Å². The fourth-order valence-corrected chi connectivity index (χ4v) is 17.6. The monoisotopic (exact) mass is 1600 g/mol. The number of aromatic nitrogens is 9. The van der Waals surface area contributed by atoms with Gasteiger partial charge in [0, 0.05) is 125 Å². The lowest BCUT2D eigenvalue weighted by Gasteiger charge is -2.40. The van der Waals surface area contributed by atoms with Gasteiger partial charge < -0.3 is 50.9 Å². The molecule has 3 aromatic carbocycles. The van der Waals surface area contributed by atoms with Gasteiger partial charge >= 0.3 is 0 Å². The van der Waals surface area contributed by atoms with Gasteiger partial charge in [-0.05, 0) is 225 Å². The van der Waals surface area contributed by atoms with Crippen molar-refractivity contribution in [3.8, 4) is 33.8 Å². The SMILES string of the molecule is C=CC(=O)Cl.C=CC(=O)N1CCCC(CCC2CCC(Nc3ncc(Cl)c(-c4c[nH]c5ccccc45)n3)CC2)C1.C=CC(=O)N1CCCC(CN(C(=O)C=C)C2CCC(Nc3ncc(Cl)c(-c4c[nH]c5ccccc45)n3)CC2)C1.Cl.Clc1cnc(NC2CCC(CCC3CCCNC3)CC2)nc1-c1c[nH]c2ccccc12. The molecule has 9 heterocycles. The van der Waals surface area contributed by atoms with Gasteiger partial charge in [-0.15, -0.1) is 12.4 Å². The van der Waals surface area contributed by atoms with Crippen molar-refractivity contribution < 1.29 is 19.2 Å². The lowest BCUT2D eigenvalue weighted by Crippen LogP contribution is -2.49. The highest BCUT2D eigenvalue weighted by Crippen LogP contribution is 2.39. The first-order valence-corrected chi connectivity index (χ1v) is 41.0. The number of fused-ring (bicyclic) bond motifs is 3. The first-order chi connectivity index (χ1) is 53.6. The summed E-state index contributed by atoms with van der Waals surface area (Å²) in [5.41, 5.74) is 8.38. The number of likely N-dealkylation sites (tertiary alicyclic amines) is 2. The second-order valence-electron chi connectivity index (χ2n) is 30.4. The van der Waals surface area contributed by atoms with E-state index in [-0.39, 0.29) is 48.1 Å². The number of hydrogen-bond acceptors (Lipinski definition) is 14. The molecule has 6 aromatic heterocycles. The molecule has 3 saturated carbocycles. The molecule has 0 radical (unpaired) electrons. The highest BCUT2D eigenvalue weighted by Gasteiger charge is 2.34. The molecule has 3 atom stereocenters. The Morgan fingerprint density at radius 1 is 0.468 bits per heavy atom. The lowest BCUT2D eigenvalue weighted by atomic mass is 9.81. The van der Waals surface area contributed by atoms with Crippen molar-refractivity contribution in [1.82, 2.24) is 64.9 Å². The van der Waals surface area contributed by atoms with Crippen LogP contribution >= 0.6 is 58.8 Å². The van der Waals surface area contributed by atoms with Crippen LogP contribution in [-0.2, 0) is 19.2 Å². The van der Waals surface area contributed by atoms with E-state index in [2.05, 4.69) is 102 Å². The Morgan fingerprint density at radius 2 is 0.838 bits per heavy atom. The molecule has 6 fully saturated rings. The molecule has 3 saturated heterocycles. The first-order valence-electron chi connectivity index (χ1n) is 39.5. The van der Waals surface area contributed by atoms with Crippen LogP contribution in [0.15, 0.2) is 161 Å². The number of amides is 3. The molecule has 25 heteroatoms. The van der Waals surface area contributed by atoms with E-state index >= 15 is 0 Å². The topological polar surface area (TPSA) is 251 Å². The van der Waals surface area contributed by atoms with Crippen molar-refractivity contribution in [2.24, 2.45) is 29.6 Å². The summed E-state index contributed by atoms with van der Waals surface area (Å²) in [5.74, 6) is 5.33. The summed E-state index contributed by atoms with van der Waals surface area (Å²) in [5, 5.41) is 18.6. The smallest absolute Gasteiger partial charge is 0.246 e. The molecular formula is C86H105Cl5N16O4. The summed E-state index contributed by atoms with van der Waals surface area (Å²) in [4.78, 5) is 89.8. The number of piperidine rings is 3. The van der Waals surface area contributed by atoms with Gasteiger partial charge in [-0.1, -0.05) is 129 Å². The zero-order valence-corrected chi connectivity index (χ0v) is 67.2. The van der Waals surface area contributed by atoms with E-state index in [0.29, 0.717) is 69.7 Å². The minimum atomic E-state index is -0.509. The number of nitrogens with one attached hydrogen (secondary N) is 7. The summed E-state index contributed by atoms with van der Waals surface area (Å²) < 4.78 is 0. The van der Waals surface area contributed by atoms with Crippen LogP contribution in [0.2, 0.25) is 15.1 Å². The number of carbonyl (C=O) groups excluding carboxylic acids is 4. The maximum absolute atomic E-state index is 12.9. The van der Waals surface area contributed by atoms with Crippen LogP contribution in [0.4, 0.5) is 17.8 Å². The maximum atomic E-state index is 12.9. The van der Waals surface area contributed by atoms with Crippen molar-refractivity contribution in [1.29, 1.82) is 0 Å². The number of anilines is 3. The molecule has 3 amide bonds. The van der Waals surface area contributed by atoms with Crippen molar-refractivity contribution >= 4 is 132 Å². The van der Waals surface area contributed by atoms with Crippen LogP contribution in [0.1, 0.15) is 141 Å². The van der Waals surface area contributed by atoms with E-state index in [1.165, 1.54) is 115 Å². The van der Waals surface area contributed by atoms with Crippen molar-refractivity contribution in [3.05, 3.63) is 176 Å². The summed E-state index contributed by atoms with van der Waals surface area (Å²) in [6.07, 6.45) is 41.8. The van der Waals surface area contributed by atoms with E-state index in [1.807, 2.05) is 81.8 Å². The minimum absolute atomic E-state index is 0. The van der Waals surface area contributed by atoms with Gasteiger partial charge in [0.15, 0.2) is 0 Å². The van der Waals surface area contributed by atoms with Crippen LogP contribution in [-0.4, -0.2) is 153 Å². The van der Waals surface area contributed by atoms with Crippen LogP contribution in [0, 0.1) is 29.6 Å². The molecule has 9 aromatic rings. The third-order valence-electron chi connectivity index (χ3n) is 23.0. The Balaban J connectivity index is 0.000000160. The molecule has 7 N–H and O–H groups in total. The van der Waals surface area contributed by atoms with Crippen LogP contribution in [0.25, 0.3) is 66.5 Å². The molecular weight excluding hydrogens is 1500 g/mol. The normalized spacial score (nSPS) is 21.8. The highest BCUT2D eigenvalue weighted by molar-refractivity contribution is 6.66. The van der Waals surface area contributed by atoms with Crippen molar-refractivity contribution in [2.45, 2.75) is 165 Å². The molecule has 6 aliphatic rings. The number of para-hydroxylation sites is 3. The molecule has 0 bridgehead atoms. The number of hydrogen-bond donors (Lipinski definition) is 7. The fourth-order valence-electron chi connectivity index (χ4n) is 17.1. The van der Waals surface area contributed by atoms with Crippen LogP contribution in [0.5, 0.6) is 0 Å². The van der Waals surface area contributed by atoms with Gasteiger partial charge in [0.1, 0.15) is 0 Å². The van der Waals surface area contributed by atoms with E-state index in [4.69, 9.17) is 61.4 Å². The number of rotatable bonds is 22.